The number of amides is 1. The van der Waals surface area contributed by atoms with E-state index in [2.05, 4.69) is 49.1 Å². The second kappa shape index (κ2) is 7.96. The Balaban J connectivity index is 1.57. The number of pyridine rings is 2. The molecule has 29 heavy (non-hydrogen) atoms. The Morgan fingerprint density at radius 2 is 2.03 bits per heavy atom. The lowest BCUT2D eigenvalue weighted by atomic mass is 10.2. The number of aryl methyl sites for hydroxylation is 1. The van der Waals surface area contributed by atoms with Gasteiger partial charge in [-0.1, -0.05) is 12.1 Å². The number of carbonyl (C=O) groups is 1. The highest BCUT2D eigenvalue weighted by Crippen LogP contribution is 2.23. The summed E-state index contributed by atoms with van der Waals surface area (Å²) in [5, 5.41) is 8.49. The summed E-state index contributed by atoms with van der Waals surface area (Å²) in [5.41, 5.74) is 9.37. The van der Waals surface area contributed by atoms with E-state index in [0.717, 1.165) is 44.0 Å². The van der Waals surface area contributed by atoms with E-state index in [9.17, 15) is 4.79 Å². The minimum Gasteiger partial charge on any atom is -0.368 e. The van der Waals surface area contributed by atoms with Gasteiger partial charge in [0.25, 0.3) is 5.91 Å². The maximum atomic E-state index is 11.3. The molecule has 1 saturated heterocycles. The maximum absolute atomic E-state index is 11.3. The number of nitrogens with zero attached hydrogens (tertiary/aromatic N) is 7. The van der Waals surface area contributed by atoms with Crippen LogP contribution in [-0.4, -0.2) is 68.5 Å². The van der Waals surface area contributed by atoms with E-state index in [1.54, 1.807) is 23.9 Å². The van der Waals surface area contributed by atoms with E-state index in [1.165, 1.54) is 0 Å². The molecule has 1 aliphatic heterocycles. The van der Waals surface area contributed by atoms with Gasteiger partial charge in [0.2, 0.25) is 0 Å². The third-order valence-corrected chi connectivity index (χ3v) is 5.17. The Morgan fingerprint density at radius 3 is 2.72 bits per heavy atom. The Bertz CT molecular complexity index is 1020. The molecule has 0 atom stereocenters. The number of primary amides is 1. The molecule has 3 aromatic rings. The zero-order chi connectivity index (χ0) is 20.4. The SMILES string of the molecule is CCN1CCN(c2cncc(-c3cn(-c4c[c]c(C(N)=O)nc4C)nn3)c2)CC1. The van der Waals surface area contributed by atoms with Crippen LogP contribution in [0.1, 0.15) is 23.1 Å². The molecule has 2 N–H and O–H groups in total. The fourth-order valence-corrected chi connectivity index (χ4v) is 3.43. The number of aromatic nitrogens is 5. The summed E-state index contributed by atoms with van der Waals surface area (Å²) in [5.74, 6) is -0.610. The molecule has 0 spiro atoms. The van der Waals surface area contributed by atoms with Gasteiger partial charge in [0.1, 0.15) is 11.4 Å². The summed E-state index contributed by atoms with van der Waals surface area (Å²) in [6, 6.07) is 6.52. The van der Waals surface area contributed by atoms with Crippen LogP contribution in [0.5, 0.6) is 0 Å². The normalized spacial score (nSPS) is 14.9. The average Bonchev–Trinajstić information content (AvgIpc) is 3.24. The fraction of sp³-hybridized carbons (Fsp3) is 0.350. The largest absolute Gasteiger partial charge is 0.368 e. The van der Waals surface area contributed by atoms with Crippen molar-refractivity contribution in [3.63, 3.8) is 0 Å². The second-order valence-electron chi connectivity index (χ2n) is 6.99. The molecular formula is C20H23N8O. The predicted molar refractivity (Wildman–Crippen MR) is 109 cm³/mol. The first-order chi connectivity index (χ1) is 14.0. The lowest BCUT2D eigenvalue weighted by Crippen LogP contribution is -2.46. The number of hydrogen-bond acceptors (Lipinski definition) is 7. The highest BCUT2D eigenvalue weighted by molar-refractivity contribution is 5.90. The van der Waals surface area contributed by atoms with Gasteiger partial charge >= 0.3 is 0 Å². The molecule has 4 rings (SSSR count). The van der Waals surface area contributed by atoms with Crippen LogP contribution in [0.15, 0.2) is 30.7 Å². The number of carbonyl (C=O) groups excluding carboxylic acids is 1. The first kappa shape index (κ1) is 19.0. The molecule has 9 nitrogen and oxygen atoms in total. The molecular weight excluding hydrogens is 368 g/mol. The molecule has 0 bridgehead atoms. The summed E-state index contributed by atoms with van der Waals surface area (Å²) >= 11 is 0. The number of rotatable bonds is 5. The highest BCUT2D eigenvalue weighted by atomic mass is 16.1. The van der Waals surface area contributed by atoms with Gasteiger partial charge in [0, 0.05) is 44.0 Å². The Morgan fingerprint density at radius 1 is 1.24 bits per heavy atom. The number of anilines is 1. The van der Waals surface area contributed by atoms with E-state index in [1.807, 2.05) is 12.4 Å². The fourth-order valence-electron chi connectivity index (χ4n) is 3.43. The third-order valence-electron chi connectivity index (χ3n) is 5.17. The van der Waals surface area contributed by atoms with Crippen molar-refractivity contribution >= 4 is 11.6 Å². The van der Waals surface area contributed by atoms with Crippen LogP contribution in [0.4, 0.5) is 5.69 Å². The number of nitrogens with two attached hydrogens (primary N) is 1. The molecule has 3 aromatic heterocycles. The highest BCUT2D eigenvalue weighted by Gasteiger charge is 2.17. The van der Waals surface area contributed by atoms with Crippen molar-refractivity contribution in [2.45, 2.75) is 13.8 Å². The molecule has 1 aliphatic rings. The van der Waals surface area contributed by atoms with E-state index in [-0.39, 0.29) is 5.69 Å². The zero-order valence-corrected chi connectivity index (χ0v) is 16.5. The second-order valence-corrected chi connectivity index (χ2v) is 6.99. The van der Waals surface area contributed by atoms with Crippen molar-refractivity contribution in [1.82, 2.24) is 29.9 Å². The first-order valence-corrected chi connectivity index (χ1v) is 9.59. The molecule has 0 saturated carbocycles. The van der Waals surface area contributed by atoms with Crippen LogP contribution >= 0.6 is 0 Å². The van der Waals surface area contributed by atoms with E-state index in [4.69, 9.17) is 5.73 Å². The number of likely N-dealkylation sites (N-methyl/N-ethyl adjacent to an activating group) is 1. The van der Waals surface area contributed by atoms with Crippen molar-refractivity contribution in [2.75, 3.05) is 37.6 Å². The molecule has 1 amide bonds. The van der Waals surface area contributed by atoms with Gasteiger partial charge in [-0.25, -0.2) is 9.67 Å². The molecule has 149 valence electrons. The summed E-state index contributed by atoms with van der Waals surface area (Å²) < 4.78 is 1.62. The Kier molecular flexibility index (Phi) is 5.22. The molecule has 0 unspecified atom stereocenters. The standard InChI is InChI=1S/C20H23N8O/c1-3-26-6-8-27(9-7-26)16-10-15(11-22-12-16)18-13-28(25-24-18)19-5-4-17(20(21)29)23-14(19)2/h5,10-13H,3,6-9H2,1-2H3,(H2,21,29). The Labute approximate surface area is 169 Å². The summed E-state index contributed by atoms with van der Waals surface area (Å²) in [4.78, 5) is 24.6. The smallest absolute Gasteiger partial charge is 0.267 e. The van der Waals surface area contributed by atoms with Crippen molar-refractivity contribution in [3.8, 4) is 16.9 Å². The molecule has 1 radical (unpaired) electrons. The van der Waals surface area contributed by atoms with Gasteiger partial charge in [-0.3, -0.25) is 9.78 Å². The lowest BCUT2D eigenvalue weighted by molar-refractivity contribution is 0.0995. The summed E-state index contributed by atoms with van der Waals surface area (Å²) in [6.07, 6.45) is 5.49. The summed E-state index contributed by atoms with van der Waals surface area (Å²) in [6.45, 7) is 9.15. The van der Waals surface area contributed by atoms with Gasteiger partial charge in [-0.05, 0) is 25.6 Å². The minimum atomic E-state index is -0.610. The van der Waals surface area contributed by atoms with E-state index in [0.29, 0.717) is 17.1 Å². The minimum absolute atomic E-state index is 0.103. The van der Waals surface area contributed by atoms with Crippen LogP contribution in [-0.2, 0) is 0 Å². The predicted octanol–water partition coefficient (Wildman–Crippen LogP) is 1.07. The maximum Gasteiger partial charge on any atom is 0.267 e. The molecule has 0 aliphatic carbocycles. The van der Waals surface area contributed by atoms with E-state index >= 15 is 0 Å². The van der Waals surface area contributed by atoms with Crippen LogP contribution in [0.2, 0.25) is 0 Å². The zero-order valence-electron chi connectivity index (χ0n) is 16.5. The first-order valence-electron chi connectivity index (χ1n) is 9.59. The van der Waals surface area contributed by atoms with Crippen LogP contribution < -0.4 is 10.6 Å². The average molecular weight is 391 g/mol. The van der Waals surface area contributed by atoms with Crippen molar-refractivity contribution in [1.29, 1.82) is 0 Å². The quantitative estimate of drug-likeness (QED) is 0.693. The van der Waals surface area contributed by atoms with Gasteiger partial charge in [0.15, 0.2) is 0 Å². The van der Waals surface area contributed by atoms with Crippen molar-refractivity contribution in [2.24, 2.45) is 5.73 Å². The van der Waals surface area contributed by atoms with Crippen molar-refractivity contribution < 1.29 is 4.79 Å². The Hall–Kier alpha value is -3.33. The molecule has 4 heterocycles. The number of hydrogen-bond donors (Lipinski definition) is 1. The van der Waals surface area contributed by atoms with Gasteiger partial charge in [-0.2, -0.15) is 0 Å². The lowest BCUT2D eigenvalue weighted by Gasteiger charge is -2.35. The van der Waals surface area contributed by atoms with Crippen LogP contribution in [0, 0.1) is 13.0 Å². The molecule has 0 aromatic carbocycles. The summed E-state index contributed by atoms with van der Waals surface area (Å²) in [7, 11) is 0. The van der Waals surface area contributed by atoms with Crippen LogP contribution in [0.3, 0.4) is 0 Å². The van der Waals surface area contributed by atoms with Crippen LogP contribution in [0.25, 0.3) is 16.9 Å². The molecule has 9 heteroatoms. The third kappa shape index (κ3) is 3.95. The van der Waals surface area contributed by atoms with E-state index < -0.39 is 5.91 Å². The molecule has 1 fully saturated rings. The van der Waals surface area contributed by atoms with Crippen molar-refractivity contribution in [3.05, 3.63) is 48.2 Å². The number of piperazine rings is 1. The van der Waals surface area contributed by atoms with Gasteiger partial charge in [0.05, 0.1) is 29.5 Å². The topological polar surface area (TPSA) is 106 Å². The van der Waals surface area contributed by atoms with Gasteiger partial charge < -0.3 is 15.5 Å². The van der Waals surface area contributed by atoms with Gasteiger partial charge in [-0.15, -0.1) is 5.10 Å². The monoisotopic (exact) mass is 391 g/mol.